The molecule has 6 nitrogen and oxygen atoms in total. The molecule has 7 heteroatoms. The molecule has 0 aliphatic rings. The molecule has 158 valence electrons. The number of anilines is 1. The average molecular weight is 479 g/mol. The van der Waals surface area contributed by atoms with Gasteiger partial charge in [0.2, 0.25) is 0 Å². The summed E-state index contributed by atoms with van der Waals surface area (Å²) in [6.07, 6.45) is 2.64. The molecule has 0 fully saturated rings. The van der Waals surface area contributed by atoms with E-state index < -0.39 is 12.0 Å². The van der Waals surface area contributed by atoms with Crippen molar-refractivity contribution < 1.29 is 9.90 Å². The molecule has 0 bridgehead atoms. The van der Waals surface area contributed by atoms with Crippen LogP contribution in [0.5, 0.6) is 0 Å². The summed E-state index contributed by atoms with van der Waals surface area (Å²) in [5, 5.41) is 13.8. The van der Waals surface area contributed by atoms with E-state index >= 15 is 0 Å². The molecule has 2 aromatic carbocycles. The molecule has 2 N–H and O–H groups in total. The van der Waals surface area contributed by atoms with Crippen LogP contribution in [0.4, 0.5) is 5.82 Å². The van der Waals surface area contributed by atoms with E-state index in [0.717, 1.165) is 33.2 Å². The number of aromatic nitrogens is 3. The summed E-state index contributed by atoms with van der Waals surface area (Å²) in [5.41, 5.74) is 3.98. The molecule has 0 spiro atoms. The molecule has 0 saturated heterocycles. The number of carboxylic acid groups (broad SMARTS) is 1. The van der Waals surface area contributed by atoms with Gasteiger partial charge >= 0.3 is 5.97 Å². The van der Waals surface area contributed by atoms with Crippen LogP contribution in [0.1, 0.15) is 23.7 Å². The van der Waals surface area contributed by atoms with Crippen LogP contribution in [-0.4, -0.2) is 31.7 Å². The minimum absolute atomic E-state index is 0.352. The molecule has 0 saturated carbocycles. The van der Waals surface area contributed by atoms with Crippen molar-refractivity contribution in [1.29, 1.82) is 0 Å². The van der Waals surface area contributed by atoms with Gasteiger partial charge in [0.1, 0.15) is 23.8 Å². The standard InChI is InChI=1S/C24H23BrN4O2/c1-2-19-21(25)20-22(28-18(24(30)31)13-16-9-5-3-6-10-16)26-15-27-23(20)29(19)14-17-11-7-4-8-12-17/h3-12,15,18H,2,13-14H2,1H3,(H,30,31)(H,26,27,28)/t18-/m1/s1. The zero-order valence-corrected chi connectivity index (χ0v) is 18.7. The Morgan fingerprint density at radius 3 is 2.32 bits per heavy atom. The van der Waals surface area contributed by atoms with Gasteiger partial charge in [-0.2, -0.15) is 0 Å². The van der Waals surface area contributed by atoms with Gasteiger partial charge < -0.3 is 15.0 Å². The molecular formula is C24H23BrN4O2. The highest BCUT2D eigenvalue weighted by atomic mass is 79.9. The van der Waals surface area contributed by atoms with E-state index in [9.17, 15) is 9.90 Å². The first-order valence-electron chi connectivity index (χ1n) is 10.2. The van der Waals surface area contributed by atoms with Crippen LogP contribution in [0.3, 0.4) is 0 Å². The Kier molecular flexibility index (Phi) is 6.32. The van der Waals surface area contributed by atoms with Gasteiger partial charge in [-0.05, 0) is 33.5 Å². The van der Waals surface area contributed by atoms with E-state index in [0.29, 0.717) is 18.8 Å². The van der Waals surface area contributed by atoms with Gasteiger partial charge in [0.25, 0.3) is 0 Å². The van der Waals surface area contributed by atoms with Crippen molar-refractivity contribution in [3.05, 3.63) is 88.3 Å². The number of fused-ring (bicyclic) bond motifs is 1. The Labute approximate surface area is 189 Å². The summed E-state index contributed by atoms with van der Waals surface area (Å²) in [4.78, 5) is 20.9. The Bertz CT molecular complexity index is 1190. The minimum atomic E-state index is -0.925. The van der Waals surface area contributed by atoms with E-state index in [2.05, 4.69) is 54.8 Å². The quantitative estimate of drug-likeness (QED) is 0.375. The van der Waals surface area contributed by atoms with E-state index in [-0.39, 0.29) is 0 Å². The second-order valence-corrected chi connectivity index (χ2v) is 8.12. The van der Waals surface area contributed by atoms with Gasteiger partial charge in [0.05, 0.1) is 9.86 Å². The normalized spacial score (nSPS) is 12.1. The van der Waals surface area contributed by atoms with Crippen LogP contribution in [0.25, 0.3) is 11.0 Å². The first-order chi connectivity index (χ1) is 15.1. The highest BCUT2D eigenvalue weighted by Gasteiger charge is 2.24. The third kappa shape index (κ3) is 4.46. The van der Waals surface area contributed by atoms with Crippen molar-refractivity contribution in [2.24, 2.45) is 0 Å². The van der Waals surface area contributed by atoms with Gasteiger partial charge in [-0.15, -0.1) is 0 Å². The third-order valence-corrected chi connectivity index (χ3v) is 6.15. The number of benzene rings is 2. The molecular weight excluding hydrogens is 456 g/mol. The third-order valence-electron chi connectivity index (χ3n) is 5.29. The Morgan fingerprint density at radius 2 is 1.71 bits per heavy atom. The minimum Gasteiger partial charge on any atom is -0.480 e. The van der Waals surface area contributed by atoms with Crippen molar-refractivity contribution in [2.75, 3.05) is 5.32 Å². The van der Waals surface area contributed by atoms with Crippen molar-refractivity contribution in [3.63, 3.8) is 0 Å². The van der Waals surface area contributed by atoms with E-state index in [4.69, 9.17) is 0 Å². The van der Waals surface area contributed by atoms with E-state index in [1.165, 1.54) is 11.9 Å². The molecule has 31 heavy (non-hydrogen) atoms. The Balaban J connectivity index is 1.74. The van der Waals surface area contributed by atoms with Crippen LogP contribution in [0.2, 0.25) is 0 Å². The predicted octanol–water partition coefficient (Wildman–Crippen LogP) is 4.91. The monoisotopic (exact) mass is 478 g/mol. The van der Waals surface area contributed by atoms with Crippen molar-refractivity contribution in [1.82, 2.24) is 14.5 Å². The number of halogens is 1. The molecule has 0 radical (unpaired) electrons. The molecule has 0 aliphatic carbocycles. The van der Waals surface area contributed by atoms with Crippen molar-refractivity contribution in [2.45, 2.75) is 32.4 Å². The summed E-state index contributed by atoms with van der Waals surface area (Å²) in [6, 6.07) is 19.0. The zero-order chi connectivity index (χ0) is 21.8. The van der Waals surface area contributed by atoms with Crippen molar-refractivity contribution >= 4 is 38.8 Å². The van der Waals surface area contributed by atoms with Crippen LogP contribution in [-0.2, 0) is 24.2 Å². The highest BCUT2D eigenvalue weighted by molar-refractivity contribution is 9.10. The first kappa shape index (κ1) is 21.1. The fraction of sp³-hybridized carbons (Fsp3) is 0.208. The number of rotatable bonds is 8. The summed E-state index contributed by atoms with van der Waals surface area (Å²) in [5.74, 6) is -0.409. The molecule has 2 aromatic heterocycles. The second kappa shape index (κ2) is 9.31. The number of hydrogen-bond donors (Lipinski definition) is 2. The summed E-state index contributed by atoms with van der Waals surface area (Å²) in [7, 11) is 0. The highest BCUT2D eigenvalue weighted by Crippen LogP contribution is 2.35. The maximum atomic E-state index is 12.0. The van der Waals surface area contributed by atoms with Crippen molar-refractivity contribution in [3.8, 4) is 0 Å². The molecule has 4 rings (SSSR count). The number of hydrogen-bond acceptors (Lipinski definition) is 4. The Morgan fingerprint density at radius 1 is 1.06 bits per heavy atom. The van der Waals surface area contributed by atoms with Gasteiger partial charge in [0.15, 0.2) is 0 Å². The van der Waals surface area contributed by atoms with E-state index in [1.807, 2.05) is 48.5 Å². The van der Waals surface area contributed by atoms with Gasteiger partial charge in [-0.1, -0.05) is 67.6 Å². The number of carboxylic acids is 1. The summed E-state index contributed by atoms with van der Waals surface area (Å²) in [6.45, 7) is 2.77. The molecule has 1 atom stereocenters. The van der Waals surface area contributed by atoms with E-state index in [1.54, 1.807) is 0 Å². The molecule has 0 aliphatic heterocycles. The Hall–Kier alpha value is -3.19. The molecule has 4 aromatic rings. The SMILES string of the molecule is CCc1c(Br)c2c(N[C@H](Cc3ccccc3)C(=O)O)ncnc2n1Cc1ccccc1. The van der Waals surface area contributed by atoms with Gasteiger partial charge in [-0.25, -0.2) is 14.8 Å². The fourth-order valence-corrected chi connectivity index (χ4v) is 4.64. The maximum absolute atomic E-state index is 12.0. The van der Waals surface area contributed by atoms with Gasteiger partial charge in [0, 0.05) is 18.7 Å². The summed E-state index contributed by atoms with van der Waals surface area (Å²) < 4.78 is 3.06. The van der Waals surface area contributed by atoms with Crippen LogP contribution in [0, 0.1) is 0 Å². The smallest absolute Gasteiger partial charge is 0.326 e. The van der Waals surface area contributed by atoms with Gasteiger partial charge in [-0.3, -0.25) is 0 Å². The zero-order valence-electron chi connectivity index (χ0n) is 17.1. The predicted molar refractivity (Wildman–Crippen MR) is 125 cm³/mol. The lowest BCUT2D eigenvalue weighted by molar-refractivity contribution is -0.137. The molecule has 0 unspecified atom stereocenters. The van der Waals surface area contributed by atoms with Crippen LogP contribution >= 0.6 is 15.9 Å². The first-order valence-corrected chi connectivity index (χ1v) is 11.0. The topological polar surface area (TPSA) is 80.0 Å². The number of carbonyl (C=O) groups is 1. The largest absolute Gasteiger partial charge is 0.480 e. The van der Waals surface area contributed by atoms with Crippen LogP contribution in [0.15, 0.2) is 71.5 Å². The number of nitrogens with one attached hydrogen (secondary N) is 1. The van der Waals surface area contributed by atoms with Crippen LogP contribution < -0.4 is 5.32 Å². The lowest BCUT2D eigenvalue weighted by Gasteiger charge is -2.16. The summed E-state index contributed by atoms with van der Waals surface area (Å²) >= 11 is 3.73. The lowest BCUT2D eigenvalue weighted by atomic mass is 10.1. The number of nitrogens with zero attached hydrogens (tertiary/aromatic N) is 3. The second-order valence-electron chi connectivity index (χ2n) is 7.33. The molecule has 2 heterocycles. The maximum Gasteiger partial charge on any atom is 0.326 e. The lowest BCUT2D eigenvalue weighted by Crippen LogP contribution is -2.32. The number of aliphatic carboxylic acids is 1. The molecule has 0 amide bonds. The average Bonchev–Trinajstić information content (AvgIpc) is 3.06. The fourth-order valence-electron chi connectivity index (χ4n) is 3.78.